The number of nitrogens with zero attached hydrogens (tertiary/aromatic N) is 4. The summed E-state index contributed by atoms with van der Waals surface area (Å²) >= 11 is 0. The van der Waals surface area contributed by atoms with E-state index in [0.717, 1.165) is 11.3 Å². The van der Waals surface area contributed by atoms with E-state index in [1.54, 1.807) is 4.68 Å². The van der Waals surface area contributed by atoms with Crippen LogP contribution in [0.4, 0.5) is 0 Å². The number of rotatable bonds is 5. The maximum Gasteiger partial charge on any atom is 0.169 e. The third-order valence-corrected chi connectivity index (χ3v) is 4.67. The quantitative estimate of drug-likeness (QED) is 0.723. The molecule has 0 bridgehead atoms. The van der Waals surface area contributed by atoms with Crippen molar-refractivity contribution in [2.75, 3.05) is 0 Å². The molecule has 3 aromatic rings. The Morgan fingerprint density at radius 2 is 1.70 bits per heavy atom. The lowest BCUT2D eigenvalue weighted by Gasteiger charge is -2.06. The molecule has 6 heteroatoms. The van der Waals surface area contributed by atoms with Crippen molar-refractivity contribution >= 4 is 10.8 Å². The van der Waals surface area contributed by atoms with E-state index in [0.29, 0.717) is 17.3 Å². The molecule has 1 aromatic heterocycles. The van der Waals surface area contributed by atoms with E-state index in [2.05, 4.69) is 47.6 Å². The molecule has 5 nitrogen and oxygen atoms in total. The van der Waals surface area contributed by atoms with Gasteiger partial charge in [-0.1, -0.05) is 47.5 Å². The van der Waals surface area contributed by atoms with Crippen LogP contribution in [0.3, 0.4) is 0 Å². The van der Waals surface area contributed by atoms with Crippen molar-refractivity contribution in [2.45, 2.75) is 25.4 Å². The average Bonchev–Trinajstić information content (AvgIpc) is 2.95. The van der Waals surface area contributed by atoms with E-state index in [-0.39, 0.29) is 0 Å². The van der Waals surface area contributed by atoms with Crippen molar-refractivity contribution in [3.63, 3.8) is 0 Å². The van der Waals surface area contributed by atoms with Crippen molar-refractivity contribution in [3.05, 3.63) is 71.0 Å². The first-order valence-corrected chi connectivity index (χ1v) is 8.85. The smallest absolute Gasteiger partial charge is 0.169 e. The van der Waals surface area contributed by atoms with E-state index in [9.17, 15) is 4.21 Å². The molecule has 0 spiro atoms. The number of hydrogen-bond donors (Lipinski definition) is 0. The molecule has 1 unspecified atom stereocenters. The van der Waals surface area contributed by atoms with Gasteiger partial charge in [-0.2, -0.15) is 4.68 Å². The fourth-order valence-electron chi connectivity index (χ4n) is 2.60. The fourth-order valence-corrected chi connectivity index (χ4v) is 3.71. The summed E-state index contributed by atoms with van der Waals surface area (Å²) in [6.45, 7) is 4.10. The summed E-state index contributed by atoms with van der Waals surface area (Å²) in [7, 11) is -1.06. The maximum atomic E-state index is 12.5. The zero-order valence-corrected chi connectivity index (χ0v) is 14.0. The van der Waals surface area contributed by atoms with Crippen molar-refractivity contribution in [2.24, 2.45) is 0 Å². The Hall–Kier alpha value is -2.34. The third kappa shape index (κ3) is 3.90. The molecule has 0 fully saturated rings. The predicted molar refractivity (Wildman–Crippen MR) is 90.6 cm³/mol. The molecule has 1 atom stereocenters. The van der Waals surface area contributed by atoms with Gasteiger partial charge in [0.15, 0.2) is 5.82 Å². The zero-order valence-electron chi connectivity index (χ0n) is 13.1. The summed E-state index contributed by atoms with van der Waals surface area (Å²) in [5.74, 6) is 1.44. The van der Waals surface area contributed by atoms with Crippen molar-refractivity contribution in [1.82, 2.24) is 20.2 Å². The molecule has 0 saturated carbocycles. The molecular weight excluding hydrogens is 308 g/mol. The molecule has 3 rings (SSSR count). The molecule has 0 N–H and O–H groups in total. The van der Waals surface area contributed by atoms with E-state index in [4.69, 9.17) is 0 Å². The van der Waals surface area contributed by atoms with Gasteiger partial charge in [-0.3, -0.25) is 4.21 Å². The van der Waals surface area contributed by atoms with Crippen LogP contribution in [0.5, 0.6) is 0 Å². The first-order chi connectivity index (χ1) is 11.1. The summed E-state index contributed by atoms with van der Waals surface area (Å²) in [5, 5.41) is 11.7. The SMILES string of the molecule is Cc1cc(C)cc(CS(=O)Cc2nnnn2-c2ccccc2)c1. The minimum absolute atomic E-state index is 0.328. The highest BCUT2D eigenvalue weighted by molar-refractivity contribution is 7.83. The van der Waals surface area contributed by atoms with Gasteiger partial charge in [0.25, 0.3) is 0 Å². The van der Waals surface area contributed by atoms with E-state index >= 15 is 0 Å². The van der Waals surface area contributed by atoms with Crippen molar-refractivity contribution in [3.8, 4) is 5.69 Å². The van der Waals surface area contributed by atoms with Crippen molar-refractivity contribution < 1.29 is 4.21 Å². The molecule has 0 saturated heterocycles. The molecule has 118 valence electrons. The lowest BCUT2D eigenvalue weighted by atomic mass is 10.1. The Balaban J connectivity index is 1.75. The fraction of sp³-hybridized carbons (Fsp3) is 0.235. The molecule has 0 aliphatic carbocycles. The predicted octanol–water partition coefficient (Wildman–Crippen LogP) is 2.73. The number of tetrazole rings is 1. The highest BCUT2D eigenvalue weighted by Gasteiger charge is 2.12. The maximum absolute atomic E-state index is 12.5. The van der Waals surface area contributed by atoms with Crippen LogP contribution in [0.15, 0.2) is 48.5 Å². The average molecular weight is 326 g/mol. The van der Waals surface area contributed by atoms with Crippen LogP contribution in [0.2, 0.25) is 0 Å². The van der Waals surface area contributed by atoms with Crippen LogP contribution < -0.4 is 0 Å². The summed E-state index contributed by atoms with van der Waals surface area (Å²) in [6.07, 6.45) is 0. The number of hydrogen-bond acceptors (Lipinski definition) is 4. The van der Waals surface area contributed by atoms with Gasteiger partial charge in [0.1, 0.15) is 0 Å². The van der Waals surface area contributed by atoms with Crippen LogP contribution in [0, 0.1) is 13.8 Å². The summed E-state index contributed by atoms with van der Waals surface area (Å²) < 4.78 is 14.1. The second-order valence-corrected chi connectivity index (χ2v) is 7.02. The Kier molecular flexibility index (Phi) is 4.62. The van der Waals surface area contributed by atoms with Gasteiger partial charge in [0, 0.05) is 16.6 Å². The van der Waals surface area contributed by atoms with Gasteiger partial charge < -0.3 is 0 Å². The van der Waals surface area contributed by atoms with Gasteiger partial charge in [-0.25, -0.2) is 0 Å². The van der Waals surface area contributed by atoms with Gasteiger partial charge in [-0.05, 0) is 42.0 Å². The molecular formula is C17H18N4OS. The molecule has 0 aliphatic heterocycles. The number of aromatic nitrogens is 4. The van der Waals surface area contributed by atoms with Gasteiger partial charge in [0.2, 0.25) is 0 Å². The minimum atomic E-state index is -1.06. The Morgan fingerprint density at radius 1 is 1.00 bits per heavy atom. The standard InChI is InChI=1S/C17H18N4OS/c1-13-8-14(2)10-15(9-13)11-23(22)12-17-18-19-20-21(17)16-6-4-3-5-7-16/h3-10H,11-12H2,1-2H3. The summed E-state index contributed by atoms with van der Waals surface area (Å²) in [6, 6.07) is 15.9. The van der Waals surface area contributed by atoms with Gasteiger partial charge in [0.05, 0.1) is 11.4 Å². The van der Waals surface area contributed by atoms with E-state index in [1.807, 2.05) is 30.3 Å². The van der Waals surface area contributed by atoms with Crippen LogP contribution in [-0.2, 0) is 22.3 Å². The largest absolute Gasteiger partial charge is 0.259 e. The normalized spacial score (nSPS) is 12.3. The van der Waals surface area contributed by atoms with Crippen molar-refractivity contribution in [1.29, 1.82) is 0 Å². The minimum Gasteiger partial charge on any atom is -0.259 e. The number of para-hydroxylation sites is 1. The highest BCUT2D eigenvalue weighted by atomic mass is 32.2. The summed E-state index contributed by atoms with van der Waals surface area (Å²) in [5.41, 5.74) is 4.33. The molecule has 1 heterocycles. The molecule has 0 aliphatic rings. The van der Waals surface area contributed by atoms with E-state index in [1.165, 1.54) is 11.1 Å². The molecule has 0 radical (unpaired) electrons. The monoisotopic (exact) mass is 326 g/mol. The second-order valence-electron chi connectivity index (χ2n) is 5.57. The van der Waals surface area contributed by atoms with Crippen LogP contribution in [0.25, 0.3) is 5.69 Å². The number of aryl methyl sites for hydroxylation is 2. The molecule has 0 amide bonds. The highest BCUT2D eigenvalue weighted by Crippen LogP contribution is 2.14. The first-order valence-electron chi connectivity index (χ1n) is 7.36. The van der Waals surface area contributed by atoms with Crippen LogP contribution in [-0.4, -0.2) is 24.4 Å². The molecule has 2 aromatic carbocycles. The molecule has 23 heavy (non-hydrogen) atoms. The Bertz CT molecular complexity index is 809. The third-order valence-electron chi connectivity index (χ3n) is 3.43. The van der Waals surface area contributed by atoms with Crippen LogP contribution >= 0.6 is 0 Å². The lowest BCUT2D eigenvalue weighted by molar-refractivity contribution is 0.679. The Labute approximate surface area is 137 Å². The van der Waals surface area contributed by atoms with E-state index < -0.39 is 10.8 Å². The summed E-state index contributed by atoms with van der Waals surface area (Å²) in [4.78, 5) is 0. The lowest BCUT2D eigenvalue weighted by Crippen LogP contribution is -2.08. The number of benzene rings is 2. The van der Waals surface area contributed by atoms with Gasteiger partial charge >= 0.3 is 0 Å². The zero-order chi connectivity index (χ0) is 16.2. The van der Waals surface area contributed by atoms with Crippen LogP contribution in [0.1, 0.15) is 22.5 Å². The first kappa shape index (κ1) is 15.6. The Morgan fingerprint density at radius 3 is 2.39 bits per heavy atom. The topological polar surface area (TPSA) is 60.7 Å². The van der Waals surface area contributed by atoms with Gasteiger partial charge in [-0.15, -0.1) is 5.10 Å². The second kappa shape index (κ2) is 6.83.